The van der Waals surface area contributed by atoms with Gasteiger partial charge < -0.3 is 14.4 Å². The fourth-order valence-corrected chi connectivity index (χ4v) is 6.17. The third-order valence-electron chi connectivity index (χ3n) is 6.25. The first-order valence-corrected chi connectivity index (χ1v) is 12.8. The van der Waals surface area contributed by atoms with Crippen molar-refractivity contribution in [2.45, 2.75) is 25.3 Å². The van der Waals surface area contributed by atoms with E-state index in [9.17, 15) is 13.2 Å². The normalized spacial score (nSPS) is 14.7. The molecule has 1 saturated heterocycles. The molecule has 1 aliphatic rings. The van der Waals surface area contributed by atoms with Gasteiger partial charge in [-0.3, -0.25) is 9.48 Å². The molecule has 1 amide bonds. The van der Waals surface area contributed by atoms with Crippen LogP contribution in [0.3, 0.4) is 0 Å². The number of carbonyl (C=O) groups is 1. The van der Waals surface area contributed by atoms with E-state index in [2.05, 4.69) is 5.10 Å². The predicted octanol–water partition coefficient (Wildman–Crippen LogP) is 2.71. The summed E-state index contributed by atoms with van der Waals surface area (Å²) in [5.74, 6) is 0.805. The Kier molecular flexibility index (Phi) is 7.13. The smallest absolute Gasteiger partial charge is 0.257 e. The number of benzene rings is 2. The minimum Gasteiger partial charge on any atom is -0.497 e. The van der Waals surface area contributed by atoms with Gasteiger partial charge in [0.25, 0.3) is 5.91 Å². The maximum Gasteiger partial charge on any atom is 0.257 e. The maximum absolute atomic E-state index is 13.5. The Balaban J connectivity index is 1.49. The molecular weight excluding hydrogens is 468 g/mol. The van der Waals surface area contributed by atoms with Crippen LogP contribution >= 0.6 is 0 Å². The fraction of sp³-hybridized carbons (Fsp3) is 0.360. The summed E-state index contributed by atoms with van der Waals surface area (Å²) in [4.78, 5) is 15.0. The molecule has 0 saturated carbocycles. The van der Waals surface area contributed by atoms with Gasteiger partial charge in [0.1, 0.15) is 16.4 Å². The molecule has 0 bridgehead atoms. The zero-order chi connectivity index (χ0) is 25.2. The summed E-state index contributed by atoms with van der Waals surface area (Å²) in [5.41, 5.74) is 2.54. The molecule has 10 heteroatoms. The number of piperazine rings is 1. The SMILES string of the molecule is COc1ccc(C(=O)N2CCN(S(=O)(=O)c3c(C)nn(Cc4ccccc4)c3C)CC2)c(OC)c1. The van der Waals surface area contributed by atoms with Crippen molar-refractivity contribution >= 4 is 15.9 Å². The molecule has 0 atom stereocenters. The number of methoxy groups -OCH3 is 2. The Morgan fingerprint density at radius 1 is 0.971 bits per heavy atom. The average molecular weight is 499 g/mol. The molecule has 9 nitrogen and oxygen atoms in total. The number of hydrogen-bond donors (Lipinski definition) is 0. The van der Waals surface area contributed by atoms with Gasteiger partial charge >= 0.3 is 0 Å². The van der Waals surface area contributed by atoms with Crippen molar-refractivity contribution in [3.8, 4) is 11.5 Å². The van der Waals surface area contributed by atoms with Gasteiger partial charge in [0.15, 0.2) is 0 Å². The highest BCUT2D eigenvalue weighted by Gasteiger charge is 2.34. The Hall–Kier alpha value is -3.37. The van der Waals surface area contributed by atoms with Crippen LogP contribution in [0.25, 0.3) is 0 Å². The highest BCUT2D eigenvalue weighted by Crippen LogP contribution is 2.28. The third-order valence-corrected chi connectivity index (χ3v) is 8.40. The van der Waals surface area contributed by atoms with E-state index < -0.39 is 10.0 Å². The highest BCUT2D eigenvalue weighted by molar-refractivity contribution is 7.89. The van der Waals surface area contributed by atoms with Gasteiger partial charge in [-0.1, -0.05) is 30.3 Å². The van der Waals surface area contributed by atoms with Crippen molar-refractivity contribution in [3.63, 3.8) is 0 Å². The summed E-state index contributed by atoms with van der Waals surface area (Å²) in [5, 5.41) is 4.50. The molecule has 0 unspecified atom stereocenters. The van der Waals surface area contributed by atoms with Gasteiger partial charge in [-0.25, -0.2) is 8.42 Å². The van der Waals surface area contributed by atoms with E-state index in [1.165, 1.54) is 11.4 Å². The van der Waals surface area contributed by atoms with Crippen molar-refractivity contribution < 1.29 is 22.7 Å². The highest BCUT2D eigenvalue weighted by atomic mass is 32.2. The van der Waals surface area contributed by atoms with Crippen molar-refractivity contribution in [2.75, 3.05) is 40.4 Å². The van der Waals surface area contributed by atoms with Crippen LogP contribution in [-0.4, -0.2) is 73.7 Å². The summed E-state index contributed by atoms with van der Waals surface area (Å²) in [6.07, 6.45) is 0. The first-order valence-electron chi connectivity index (χ1n) is 11.4. The Bertz CT molecular complexity index is 1310. The van der Waals surface area contributed by atoms with Gasteiger partial charge in [-0.05, 0) is 31.5 Å². The van der Waals surface area contributed by atoms with E-state index in [0.717, 1.165) is 5.56 Å². The topological polar surface area (TPSA) is 94.0 Å². The average Bonchev–Trinajstić information content (AvgIpc) is 3.16. The summed E-state index contributed by atoms with van der Waals surface area (Å²) < 4.78 is 40.8. The van der Waals surface area contributed by atoms with Crippen LogP contribution in [0, 0.1) is 13.8 Å². The summed E-state index contributed by atoms with van der Waals surface area (Å²) in [7, 11) is -0.715. The van der Waals surface area contributed by atoms with Crippen LogP contribution in [0.15, 0.2) is 53.4 Å². The lowest BCUT2D eigenvalue weighted by molar-refractivity contribution is 0.0694. The third kappa shape index (κ3) is 4.89. The number of aryl methyl sites for hydroxylation is 1. The van der Waals surface area contributed by atoms with E-state index in [-0.39, 0.29) is 37.0 Å². The van der Waals surface area contributed by atoms with Crippen LogP contribution in [0.4, 0.5) is 0 Å². The van der Waals surface area contributed by atoms with E-state index in [1.807, 2.05) is 30.3 Å². The molecule has 1 aliphatic heterocycles. The minimum atomic E-state index is -3.76. The van der Waals surface area contributed by atoms with Crippen molar-refractivity contribution in [1.29, 1.82) is 0 Å². The van der Waals surface area contributed by atoms with Gasteiger partial charge in [-0.2, -0.15) is 9.40 Å². The van der Waals surface area contributed by atoms with Crippen molar-refractivity contribution in [2.24, 2.45) is 0 Å². The first-order chi connectivity index (χ1) is 16.8. The Morgan fingerprint density at radius 2 is 1.66 bits per heavy atom. The van der Waals surface area contributed by atoms with Crippen LogP contribution < -0.4 is 9.47 Å². The number of nitrogens with zero attached hydrogens (tertiary/aromatic N) is 4. The van der Waals surface area contributed by atoms with Crippen molar-refractivity contribution in [1.82, 2.24) is 19.0 Å². The number of ether oxygens (including phenoxy) is 2. The molecule has 0 spiro atoms. The molecule has 3 aromatic rings. The molecule has 1 aromatic heterocycles. The molecule has 1 fully saturated rings. The molecular formula is C25H30N4O5S. The van der Waals surface area contributed by atoms with Crippen LogP contribution in [0.2, 0.25) is 0 Å². The van der Waals surface area contributed by atoms with E-state index in [4.69, 9.17) is 9.47 Å². The fourth-order valence-electron chi connectivity index (χ4n) is 4.37. The van der Waals surface area contributed by atoms with Crippen molar-refractivity contribution in [3.05, 3.63) is 71.0 Å². The standard InChI is InChI=1S/C25H30N4O5S/c1-18-24(19(2)29(26-18)17-20-8-6-5-7-9-20)35(31,32)28-14-12-27(13-15-28)25(30)22-11-10-21(33-3)16-23(22)34-4/h5-11,16H,12-15,17H2,1-4H3. The number of amides is 1. The Labute approximate surface area is 205 Å². The van der Waals surface area contributed by atoms with Gasteiger partial charge in [-0.15, -0.1) is 0 Å². The van der Waals surface area contributed by atoms with Crippen LogP contribution in [0.1, 0.15) is 27.3 Å². The summed E-state index contributed by atoms with van der Waals surface area (Å²) >= 11 is 0. The number of hydrogen-bond acceptors (Lipinski definition) is 6. The monoisotopic (exact) mass is 498 g/mol. The summed E-state index contributed by atoms with van der Waals surface area (Å²) in [6, 6.07) is 14.8. The number of carbonyl (C=O) groups excluding carboxylic acids is 1. The van der Waals surface area contributed by atoms with Crippen LogP contribution in [0.5, 0.6) is 11.5 Å². The molecule has 0 N–H and O–H groups in total. The van der Waals surface area contributed by atoms with E-state index in [1.54, 1.807) is 48.7 Å². The lowest BCUT2D eigenvalue weighted by Crippen LogP contribution is -2.50. The maximum atomic E-state index is 13.5. The number of aromatic nitrogens is 2. The van der Waals surface area contributed by atoms with E-state index in [0.29, 0.717) is 35.0 Å². The first kappa shape index (κ1) is 24.7. The van der Waals surface area contributed by atoms with Gasteiger partial charge in [0.2, 0.25) is 10.0 Å². The second-order valence-electron chi connectivity index (χ2n) is 8.41. The van der Waals surface area contributed by atoms with Gasteiger partial charge in [0, 0.05) is 32.2 Å². The van der Waals surface area contributed by atoms with Gasteiger partial charge in [0.05, 0.1) is 37.7 Å². The zero-order valence-electron chi connectivity index (χ0n) is 20.4. The van der Waals surface area contributed by atoms with Crippen LogP contribution in [-0.2, 0) is 16.6 Å². The molecule has 0 radical (unpaired) electrons. The largest absolute Gasteiger partial charge is 0.497 e. The molecule has 2 aromatic carbocycles. The Morgan fingerprint density at radius 3 is 2.29 bits per heavy atom. The predicted molar refractivity (Wildman–Crippen MR) is 131 cm³/mol. The van der Waals surface area contributed by atoms with E-state index >= 15 is 0 Å². The molecule has 0 aliphatic carbocycles. The minimum absolute atomic E-state index is 0.204. The summed E-state index contributed by atoms with van der Waals surface area (Å²) in [6.45, 7) is 4.97. The molecule has 4 rings (SSSR count). The second kappa shape index (κ2) is 10.1. The number of sulfonamides is 1. The zero-order valence-corrected chi connectivity index (χ0v) is 21.2. The quantitative estimate of drug-likeness (QED) is 0.497. The number of rotatable bonds is 7. The second-order valence-corrected chi connectivity index (χ2v) is 10.3. The molecule has 2 heterocycles. The lowest BCUT2D eigenvalue weighted by atomic mass is 10.1. The molecule has 35 heavy (non-hydrogen) atoms. The molecule has 186 valence electrons. The lowest BCUT2D eigenvalue weighted by Gasteiger charge is -2.34.